The molecular weight excluding hydrogens is 469 g/mol. The third-order valence-corrected chi connectivity index (χ3v) is 6.93. The fraction of sp³-hybridized carbons (Fsp3) is 0.217. The third-order valence-electron chi connectivity index (χ3n) is 5.22. The molecule has 0 radical (unpaired) electrons. The maximum absolute atomic E-state index is 14.7. The van der Waals surface area contributed by atoms with E-state index >= 15 is 0 Å². The Kier molecular flexibility index (Phi) is 6.64. The van der Waals surface area contributed by atoms with E-state index in [1.807, 2.05) is 0 Å². The van der Waals surface area contributed by atoms with Crippen molar-refractivity contribution in [1.82, 2.24) is 4.98 Å². The van der Waals surface area contributed by atoms with E-state index in [1.165, 1.54) is 36.5 Å². The van der Waals surface area contributed by atoms with Gasteiger partial charge in [-0.1, -0.05) is 11.6 Å². The molecule has 1 aliphatic heterocycles. The number of carbonyl (C=O) groups is 1. The van der Waals surface area contributed by atoms with Crippen molar-refractivity contribution < 1.29 is 22.3 Å². The van der Waals surface area contributed by atoms with E-state index in [2.05, 4.69) is 9.71 Å². The highest BCUT2D eigenvalue weighted by atomic mass is 35.5. The number of benzene rings is 2. The van der Waals surface area contributed by atoms with Crippen LogP contribution in [-0.2, 0) is 14.8 Å². The molecule has 0 atom stereocenters. The number of anilines is 2. The zero-order chi connectivity index (χ0) is 23.6. The number of aryl methyl sites for hydroxylation is 1. The van der Waals surface area contributed by atoms with Gasteiger partial charge in [-0.15, -0.1) is 0 Å². The Morgan fingerprint density at radius 1 is 1.12 bits per heavy atom. The van der Waals surface area contributed by atoms with Crippen LogP contribution in [0.25, 0.3) is 0 Å². The van der Waals surface area contributed by atoms with Crippen LogP contribution in [0, 0.1) is 12.7 Å². The number of carbonyl (C=O) groups excluding carboxylic acids is 1. The first-order valence-electron chi connectivity index (χ1n) is 10.2. The molecule has 1 N–H and O–H groups in total. The van der Waals surface area contributed by atoms with Crippen molar-refractivity contribution in [2.75, 3.05) is 35.9 Å². The van der Waals surface area contributed by atoms with Crippen LogP contribution in [-0.4, -0.2) is 45.5 Å². The van der Waals surface area contributed by atoms with Gasteiger partial charge >= 0.3 is 0 Å². The highest BCUT2D eigenvalue weighted by Crippen LogP contribution is 2.27. The van der Waals surface area contributed by atoms with Gasteiger partial charge in [0.15, 0.2) is 5.78 Å². The number of nitrogens with one attached hydrogen (secondary N) is 1. The molecule has 2 heterocycles. The summed E-state index contributed by atoms with van der Waals surface area (Å²) in [5.74, 6) is -1.03. The molecule has 0 spiro atoms. The van der Waals surface area contributed by atoms with Gasteiger partial charge in [0.2, 0.25) is 0 Å². The van der Waals surface area contributed by atoms with Crippen molar-refractivity contribution in [2.24, 2.45) is 0 Å². The second-order valence-corrected chi connectivity index (χ2v) is 9.62. The molecule has 0 amide bonds. The number of ether oxygens (including phenoxy) is 1. The lowest BCUT2D eigenvalue weighted by atomic mass is 10.0. The summed E-state index contributed by atoms with van der Waals surface area (Å²) < 4.78 is 48.1. The molecule has 1 saturated heterocycles. The van der Waals surface area contributed by atoms with Gasteiger partial charge in [-0.3, -0.25) is 14.5 Å². The van der Waals surface area contributed by atoms with E-state index in [0.29, 0.717) is 37.6 Å². The standard InChI is InChI=1S/C23H21ClFN3O4S/c1-15-2-3-16(14-26-15)23(29)19-12-17(4-6-20(19)24)27-33(30,31)18-5-7-22(21(25)13-18)28-8-10-32-11-9-28/h2-7,12-14,27H,8-11H2,1H3. The molecule has 172 valence electrons. The Morgan fingerprint density at radius 3 is 2.55 bits per heavy atom. The van der Waals surface area contributed by atoms with E-state index in [1.54, 1.807) is 24.0 Å². The molecule has 1 aromatic heterocycles. The van der Waals surface area contributed by atoms with Crippen LogP contribution >= 0.6 is 11.6 Å². The van der Waals surface area contributed by atoms with Crippen molar-refractivity contribution in [2.45, 2.75) is 11.8 Å². The second kappa shape index (κ2) is 9.46. The molecule has 1 aliphatic rings. The number of aromatic nitrogens is 1. The minimum Gasteiger partial charge on any atom is -0.378 e. The van der Waals surface area contributed by atoms with Gasteiger partial charge in [0.05, 0.1) is 28.8 Å². The van der Waals surface area contributed by atoms with Crippen LogP contribution < -0.4 is 9.62 Å². The van der Waals surface area contributed by atoms with Gasteiger partial charge < -0.3 is 9.64 Å². The molecule has 1 fully saturated rings. The number of nitrogens with zero attached hydrogens (tertiary/aromatic N) is 2. The number of sulfonamides is 1. The molecule has 7 nitrogen and oxygen atoms in total. The summed E-state index contributed by atoms with van der Waals surface area (Å²) in [6.07, 6.45) is 1.43. The first kappa shape index (κ1) is 23.2. The van der Waals surface area contributed by atoms with Gasteiger partial charge in [-0.05, 0) is 55.5 Å². The van der Waals surface area contributed by atoms with Crippen molar-refractivity contribution in [1.29, 1.82) is 0 Å². The number of halogens is 2. The molecule has 0 saturated carbocycles. The molecule has 0 aliphatic carbocycles. The molecule has 4 rings (SSSR count). The predicted molar refractivity (Wildman–Crippen MR) is 124 cm³/mol. The summed E-state index contributed by atoms with van der Waals surface area (Å²) in [6.45, 7) is 3.82. The number of pyridine rings is 1. The summed E-state index contributed by atoms with van der Waals surface area (Å²) in [5.41, 5.74) is 1.65. The second-order valence-electron chi connectivity index (χ2n) is 7.53. The maximum atomic E-state index is 14.7. The Balaban J connectivity index is 1.58. The number of rotatable bonds is 6. The van der Waals surface area contributed by atoms with Gasteiger partial charge in [-0.25, -0.2) is 12.8 Å². The SMILES string of the molecule is Cc1ccc(C(=O)c2cc(NS(=O)(=O)c3ccc(N4CCOCC4)c(F)c3)ccc2Cl)cn1. The smallest absolute Gasteiger partial charge is 0.261 e. The van der Waals surface area contributed by atoms with Crippen LogP contribution in [0.15, 0.2) is 59.6 Å². The van der Waals surface area contributed by atoms with Crippen LogP contribution in [0.4, 0.5) is 15.8 Å². The van der Waals surface area contributed by atoms with Gasteiger partial charge in [-0.2, -0.15) is 0 Å². The van der Waals surface area contributed by atoms with E-state index in [-0.39, 0.29) is 21.2 Å². The Hall–Kier alpha value is -3.01. The lowest BCUT2D eigenvalue weighted by Crippen LogP contribution is -2.36. The van der Waals surface area contributed by atoms with Crippen molar-refractivity contribution >= 4 is 38.8 Å². The zero-order valence-corrected chi connectivity index (χ0v) is 19.3. The number of hydrogen-bond acceptors (Lipinski definition) is 6. The molecule has 3 aromatic rings. The van der Waals surface area contributed by atoms with Gasteiger partial charge in [0.25, 0.3) is 10.0 Å². The summed E-state index contributed by atoms with van der Waals surface area (Å²) in [4.78, 5) is 18.5. The summed E-state index contributed by atoms with van der Waals surface area (Å²) >= 11 is 6.19. The van der Waals surface area contributed by atoms with Crippen molar-refractivity contribution in [3.05, 3.63) is 82.4 Å². The van der Waals surface area contributed by atoms with Crippen LogP contribution in [0.2, 0.25) is 5.02 Å². The molecule has 10 heteroatoms. The fourth-order valence-electron chi connectivity index (χ4n) is 3.45. The third kappa shape index (κ3) is 5.16. The maximum Gasteiger partial charge on any atom is 0.261 e. The number of morpholine rings is 1. The molecule has 0 bridgehead atoms. The van der Waals surface area contributed by atoms with Crippen LogP contribution in [0.5, 0.6) is 0 Å². The van der Waals surface area contributed by atoms with E-state index < -0.39 is 21.6 Å². The highest BCUT2D eigenvalue weighted by Gasteiger charge is 2.21. The monoisotopic (exact) mass is 489 g/mol. The quantitative estimate of drug-likeness (QED) is 0.525. The average molecular weight is 490 g/mol. The molecule has 2 aromatic carbocycles. The van der Waals surface area contributed by atoms with Crippen molar-refractivity contribution in [3.63, 3.8) is 0 Å². The van der Waals surface area contributed by atoms with E-state index in [9.17, 15) is 17.6 Å². The van der Waals surface area contributed by atoms with Gasteiger partial charge in [0, 0.05) is 41.8 Å². The first-order valence-corrected chi connectivity index (χ1v) is 12.0. The zero-order valence-electron chi connectivity index (χ0n) is 17.7. The molecular formula is C23H21ClFN3O4S. The van der Waals surface area contributed by atoms with Crippen molar-refractivity contribution in [3.8, 4) is 0 Å². The number of ketones is 1. The minimum absolute atomic E-state index is 0.122. The van der Waals surface area contributed by atoms with Crippen LogP contribution in [0.1, 0.15) is 21.6 Å². The Morgan fingerprint density at radius 2 is 1.88 bits per heavy atom. The number of hydrogen-bond donors (Lipinski definition) is 1. The fourth-order valence-corrected chi connectivity index (χ4v) is 4.71. The highest BCUT2D eigenvalue weighted by molar-refractivity contribution is 7.92. The van der Waals surface area contributed by atoms with Gasteiger partial charge in [0.1, 0.15) is 5.82 Å². The van der Waals surface area contributed by atoms with Crippen LogP contribution in [0.3, 0.4) is 0 Å². The Labute approximate surface area is 196 Å². The summed E-state index contributed by atoms with van der Waals surface area (Å²) in [7, 11) is -4.11. The molecule has 0 unspecified atom stereocenters. The lowest BCUT2D eigenvalue weighted by Gasteiger charge is -2.29. The van der Waals surface area contributed by atoms with E-state index in [0.717, 1.165) is 11.8 Å². The largest absolute Gasteiger partial charge is 0.378 e. The van der Waals surface area contributed by atoms with E-state index in [4.69, 9.17) is 16.3 Å². The normalized spacial score (nSPS) is 14.2. The lowest BCUT2D eigenvalue weighted by molar-refractivity contribution is 0.103. The predicted octanol–water partition coefficient (Wildman–Crippen LogP) is 4.05. The topological polar surface area (TPSA) is 88.6 Å². The summed E-state index contributed by atoms with van der Waals surface area (Å²) in [5, 5.41) is 0.171. The Bertz CT molecular complexity index is 1290. The summed E-state index contributed by atoms with van der Waals surface area (Å²) in [6, 6.07) is 11.3. The minimum atomic E-state index is -4.11. The molecule has 33 heavy (non-hydrogen) atoms. The average Bonchev–Trinajstić information content (AvgIpc) is 2.81. The first-order chi connectivity index (χ1) is 15.7.